The number of ketones is 1. The summed E-state index contributed by atoms with van der Waals surface area (Å²) in [6.07, 6.45) is 0. The van der Waals surface area contributed by atoms with Crippen LogP contribution >= 0.6 is 11.8 Å². The molecule has 0 unspecified atom stereocenters. The first-order chi connectivity index (χ1) is 14.5. The molecule has 0 aliphatic rings. The summed E-state index contributed by atoms with van der Waals surface area (Å²) >= 11 is 1.42. The molecule has 5 nitrogen and oxygen atoms in total. The zero-order valence-electron chi connectivity index (χ0n) is 19.4. The van der Waals surface area contributed by atoms with Gasteiger partial charge in [-0.05, 0) is 35.2 Å². The van der Waals surface area contributed by atoms with Crippen LogP contribution in [0.1, 0.15) is 47.1 Å². The minimum atomic E-state index is -0.385. The zero-order chi connectivity index (χ0) is 22.8. The van der Waals surface area contributed by atoms with E-state index in [1.54, 1.807) is 7.11 Å². The van der Waals surface area contributed by atoms with Crippen LogP contribution in [0.25, 0.3) is 17.1 Å². The van der Waals surface area contributed by atoms with Crippen LogP contribution in [0.5, 0.6) is 5.75 Å². The topological polar surface area (TPSA) is 57.0 Å². The van der Waals surface area contributed by atoms with Crippen LogP contribution in [-0.4, -0.2) is 33.4 Å². The molecule has 0 radical (unpaired) electrons. The maximum atomic E-state index is 12.5. The Balaban J connectivity index is 2.02. The van der Waals surface area contributed by atoms with Gasteiger partial charge in [0.25, 0.3) is 0 Å². The predicted octanol–water partition coefficient (Wildman–Crippen LogP) is 5.95. The van der Waals surface area contributed by atoms with E-state index in [1.807, 2.05) is 49.6 Å². The van der Waals surface area contributed by atoms with Crippen LogP contribution < -0.4 is 4.74 Å². The van der Waals surface area contributed by atoms with Gasteiger partial charge in [0, 0.05) is 16.7 Å². The van der Waals surface area contributed by atoms with E-state index < -0.39 is 0 Å². The lowest BCUT2D eigenvalue weighted by Crippen LogP contribution is -2.22. The number of hydrogen-bond donors (Lipinski definition) is 0. The molecule has 0 N–H and O–H groups in total. The number of nitrogens with zero attached hydrogens (tertiary/aromatic N) is 3. The van der Waals surface area contributed by atoms with E-state index in [0.717, 1.165) is 22.8 Å². The van der Waals surface area contributed by atoms with Gasteiger partial charge in [-0.3, -0.25) is 9.36 Å². The second-order valence-corrected chi connectivity index (χ2v) is 10.6. The number of carbonyl (C=O) groups is 1. The fourth-order valence-corrected chi connectivity index (χ4v) is 4.09. The van der Waals surface area contributed by atoms with Crippen molar-refractivity contribution in [3.8, 4) is 22.8 Å². The van der Waals surface area contributed by atoms with Crippen LogP contribution in [-0.2, 0) is 10.2 Å². The number of aromatic nitrogens is 3. The molecule has 1 aromatic heterocycles. The number of hydrogen-bond acceptors (Lipinski definition) is 5. The maximum Gasteiger partial charge on any atom is 0.196 e. The van der Waals surface area contributed by atoms with Crippen LogP contribution in [0.2, 0.25) is 0 Å². The molecule has 0 spiro atoms. The van der Waals surface area contributed by atoms with Crippen LogP contribution in [0, 0.1) is 5.41 Å². The third-order valence-corrected chi connectivity index (χ3v) is 6.07. The average Bonchev–Trinajstić information content (AvgIpc) is 3.14. The first-order valence-electron chi connectivity index (χ1n) is 10.4. The summed E-state index contributed by atoms with van der Waals surface area (Å²) in [5.41, 5.74) is 2.86. The van der Waals surface area contributed by atoms with Gasteiger partial charge >= 0.3 is 0 Å². The van der Waals surface area contributed by atoms with Gasteiger partial charge in [-0.25, -0.2) is 0 Å². The zero-order valence-corrected chi connectivity index (χ0v) is 20.2. The molecule has 0 saturated carbocycles. The Morgan fingerprint density at radius 3 is 2.06 bits per heavy atom. The van der Waals surface area contributed by atoms with Gasteiger partial charge < -0.3 is 4.74 Å². The smallest absolute Gasteiger partial charge is 0.196 e. The number of rotatable bonds is 6. The molecule has 6 heteroatoms. The monoisotopic (exact) mass is 437 g/mol. The Morgan fingerprint density at radius 2 is 1.55 bits per heavy atom. The third-order valence-electron chi connectivity index (χ3n) is 5.14. The van der Waals surface area contributed by atoms with Gasteiger partial charge in [0.15, 0.2) is 11.0 Å². The first kappa shape index (κ1) is 23.1. The van der Waals surface area contributed by atoms with E-state index in [0.29, 0.717) is 10.9 Å². The van der Waals surface area contributed by atoms with E-state index in [-0.39, 0.29) is 16.6 Å². The molecule has 0 atom stereocenters. The summed E-state index contributed by atoms with van der Waals surface area (Å²) in [7, 11) is 1.65. The summed E-state index contributed by atoms with van der Waals surface area (Å²) in [4.78, 5) is 12.5. The van der Waals surface area contributed by atoms with Crippen molar-refractivity contribution >= 4 is 17.5 Å². The molecule has 2 aromatic carbocycles. The highest BCUT2D eigenvalue weighted by molar-refractivity contribution is 7.99. The lowest BCUT2D eigenvalue weighted by atomic mass is 9.87. The summed E-state index contributed by atoms with van der Waals surface area (Å²) in [6.45, 7) is 12.4. The number of methoxy groups -OCH3 is 1. The van der Waals surface area contributed by atoms with Crippen molar-refractivity contribution in [1.82, 2.24) is 14.8 Å². The maximum absolute atomic E-state index is 12.5. The van der Waals surface area contributed by atoms with E-state index in [9.17, 15) is 4.79 Å². The number of thioether (sulfide) groups is 1. The average molecular weight is 438 g/mol. The van der Waals surface area contributed by atoms with E-state index >= 15 is 0 Å². The molecular weight excluding hydrogens is 406 g/mol. The Kier molecular flexibility index (Phi) is 6.60. The molecule has 1 heterocycles. The van der Waals surface area contributed by atoms with Gasteiger partial charge in [-0.15, -0.1) is 10.2 Å². The fourth-order valence-electron chi connectivity index (χ4n) is 2.98. The highest BCUT2D eigenvalue weighted by Gasteiger charge is 2.24. The van der Waals surface area contributed by atoms with Gasteiger partial charge in [-0.1, -0.05) is 77.6 Å². The predicted molar refractivity (Wildman–Crippen MR) is 127 cm³/mol. The van der Waals surface area contributed by atoms with Crippen molar-refractivity contribution in [2.45, 2.75) is 52.1 Å². The number of benzene rings is 2. The molecule has 0 fully saturated rings. The fraction of sp³-hybridized carbons (Fsp3) is 0.400. The molecule has 0 aliphatic carbocycles. The lowest BCUT2D eigenvalue weighted by Gasteiger charge is -2.19. The minimum absolute atomic E-state index is 0.0799. The molecule has 0 aliphatic heterocycles. The normalized spacial score (nSPS) is 12.1. The Hall–Kier alpha value is -2.60. The van der Waals surface area contributed by atoms with Gasteiger partial charge in [0.2, 0.25) is 0 Å². The number of ether oxygens (including phenoxy) is 1. The number of carbonyl (C=O) groups excluding carboxylic acids is 1. The molecule has 164 valence electrons. The quantitative estimate of drug-likeness (QED) is 0.446. The first-order valence-corrected chi connectivity index (χ1v) is 11.4. The van der Waals surface area contributed by atoms with Crippen LogP contribution in [0.3, 0.4) is 0 Å². The Labute approximate surface area is 189 Å². The van der Waals surface area contributed by atoms with Crippen molar-refractivity contribution in [1.29, 1.82) is 0 Å². The molecule has 31 heavy (non-hydrogen) atoms. The van der Waals surface area contributed by atoms with Crippen molar-refractivity contribution < 1.29 is 9.53 Å². The standard InChI is InChI=1S/C25H31N3O2S/c1-24(2,3)18-10-8-17(9-11-18)22-26-27-23(31-16-21(29)25(4,5)6)28(22)19-12-14-20(30-7)15-13-19/h8-15H,16H2,1-7H3. The van der Waals surface area contributed by atoms with Crippen molar-refractivity contribution in [3.05, 3.63) is 54.1 Å². The Morgan fingerprint density at radius 1 is 0.935 bits per heavy atom. The van der Waals surface area contributed by atoms with E-state index in [4.69, 9.17) is 4.74 Å². The second-order valence-electron chi connectivity index (χ2n) is 9.63. The molecule has 0 amide bonds. The molecule has 3 aromatic rings. The highest BCUT2D eigenvalue weighted by Crippen LogP contribution is 2.31. The van der Waals surface area contributed by atoms with E-state index in [2.05, 4.69) is 55.2 Å². The van der Waals surface area contributed by atoms with Gasteiger partial charge in [0.1, 0.15) is 11.5 Å². The van der Waals surface area contributed by atoms with Crippen molar-refractivity contribution in [2.24, 2.45) is 5.41 Å². The minimum Gasteiger partial charge on any atom is -0.497 e. The largest absolute Gasteiger partial charge is 0.497 e. The summed E-state index contributed by atoms with van der Waals surface area (Å²) < 4.78 is 7.31. The summed E-state index contributed by atoms with van der Waals surface area (Å²) in [5.74, 6) is 2.06. The van der Waals surface area contributed by atoms with Crippen molar-refractivity contribution in [3.63, 3.8) is 0 Å². The molecule has 0 saturated heterocycles. The lowest BCUT2D eigenvalue weighted by molar-refractivity contribution is -0.123. The SMILES string of the molecule is COc1ccc(-n2c(SCC(=O)C(C)(C)C)nnc2-c2ccc(C(C)(C)C)cc2)cc1. The van der Waals surface area contributed by atoms with Crippen molar-refractivity contribution in [2.75, 3.05) is 12.9 Å². The van der Waals surface area contributed by atoms with Crippen LogP contribution in [0.15, 0.2) is 53.7 Å². The highest BCUT2D eigenvalue weighted by atomic mass is 32.2. The molecule has 0 bridgehead atoms. The molecule has 3 rings (SSSR count). The van der Waals surface area contributed by atoms with Crippen LogP contribution in [0.4, 0.5) is 0 Å². The number of Topliss-reactive ketones (excluding diaryl/α,β-unsaturated/α-hetero) is 1. The van der Waals surface area contributed by atoms with Gasteiger partial charge in [0.05, 0.1) is 12.9 Å². The van der Waals surface area contributed by atoms with Gasteiger partial charge in [-0.2, -0.15) is 0 Å². The second kappa shape index (κ2) is 8.87. The summed E-state index contributed by atoms with van der Waals surface area (Å²) in [6, 6.07) is 16.2. The van der Waals surface area contributed by atoms with E-state index in [1.165, 1.54) is 17.3 Å². The Bertz CT molecular complexity index is 1040. The molecular formula is C25H31N3O2S. The summed E-state index contributed by atoms with van der Waals surface area (Å²) in [5, 5.41) is 9.61. The third kappa shape index (κ3) is 5.37.